The number of aliphatic hydroxyl groups is 1. The summed E-state index contributed by atoms with van der Waals surface area (Å²) in [7, 11) is -3.63. The van der Waals surface area contributed by atoms with Crippen LogP contribution in [0.15, 0.2) is 29.2 Å². The fourth-order valence-electron chi connectivity index (χ4n) is 4.90. The van der Waals surface area contributed by atoms with Gasteiger partial charge < -0.3 is 14.8 Å². The third-order valence-electron chi connectivity index (χ3n) is 6.64. The van der Waals surface area contributed by atoms with Crippen LogP contribution in [0, 0.1) is 18.3 Å². The van der Waals surface area contributed by atoms with Gasteiger partial charge in [0.2, 0.25) is 0 Å². The number of nitriles is 1. The van der Waals surface area contributed by atoms with E-state index in [0.29, 0.717) is 46.5 Å². The number of alkyl halides is 3. The number of hydrogen-bond acceptors (Lipinski definition) is 6. The fraction of sp³-hybridized carbons (Fsp3) is 0.440. The summed E-state index contributed by atoms with van der Waals surface area (Å²) in [6.07, 6.45) is -5.03. The molecule has 0 saturated heterocycles. The first-order valence-electron chi connectivity index (χ1n) is 11.2. The number of halogens is 3. The average molecular weight is 522 g/mol. The molecule has 36 heavy (non-hydrogen) atoms. The molecule has 7 nitrogen and oxygen atoms in total. The number of hydrogen-bond donors (Lipinski definition) is 2. The molecule has 0 radical (unpaired) electrons. The number of nitrogens with zero attached hydrogens (tertiary/aromatic N) is 2. The zero-order chi connectivity index (χ0) is 26.7. The van der Waals surface area contributed by atoms with Crippen LogP contribution in [0.4, 0.5) is 13.2 Å². The minimum absolute atomic E-state index is 0.00253. The summed E-state index contributed by atoms with van der Waals surface area (Å²) in [6.45, 7) is 5.01. The van der Waals surface area contributed by atoms with Crippen molar-refractivity contribution in [2.75, 3.05) is 12.9 Å². The number of aromatic amines is 1. The van der Waals surface area contributed by atoms with Crippen LogP contribution in [0.25, 0.3) is 10.9 Å². The number of H-pyrrole nitrogens is 1. The monoisotopic (exact) mass is 521 g/mol. The molecular weight excluding hydrogens is 495 g/mol. The second-order valence-corrected chi connectivity index (χ2v) is 12.1. The van der Waals surface area contributed by atoms with Gasteiger partial charge in [-0.2, -0.15) is 18.4 Å². The molecule has 1 atom stereocenters. The Balaban J connectivity index is 1.77. The van der Waals surface area contributed by atoms with Gasteiger partial charge in [0.05, 0.1) is 17.0 Å². The Bertz CT molecular complexity index is 1500. The van der Waals surface area contributed by atoms with Crippen molar-refractivity contribution in [1.29, 1.82) is 5.26 Å². The minimum Gasteiger partial charge on any atom is -0.493 e. The molecule has 0 spiro atoms. The number of fused-ring (bicyclic) bond motifs is 2. The van der Waals surface area contributed by atoms with Crippen LogP contribution in [-0.4, -0.2) is 48.1 Å². The van der Waals surface area contributed by atoms with Gasteiger partial charge in [0.15, 0.2) is 15.4 Å². The smallest absolute Gasteiger partial charge is 0.417 e. The van der Waals surface area contributed by atoms with Crippen molar-refractivity contribution in [3.05, 3.63) is 52.5 Å². The summed E-state index contributed by atoms with van der Waals surface area (Å²) >= 11 is 0. The van der Waals surface area contributed by atoms with E-state index in [0.717, 1.165) is 6.26 Å². The lowest BCUT2D eigenvalue weighted by molar-refractivity contribution is -0.266. The Morgan fingerprint density at radius 2 is 1.92 bits per heavy atom. The van der Waals surface area contributed by atoms with Crippen molar-refractivity contribution < 1.29 is 31.4 Å². The number of aromatic nitrogens is 2. The Hall–Kier alpha value is -3.10. The number of nitrogens with one attached hydrogen (secondary N) is 1. The number of sulfone groups is 1. The van der Waals surface area contributed by atoms with Crippen LogP contribution < -0.4 is 4.74 Å². The first-order chi connectivity index (χ1) is 16.5. The van der Waals surface area contributed by atoms with E-state index in [4.69, 9.17) is 10.00 Å². The molecule has 0 fully saturated rings. The van der Waals surface area contributed by atoms with Gasteiger partial charge in [-0.25, -0.2) is 13.4 Å². The number of ether oxygens (including phenoxy) is 1. The molecule has 1 unspecified atom stereocenters. The highest BCUT2D eigenvalue weighted by Crippen LogP contribution is 2.47. The van der Waals surface area contributed by atoms with Crippen LogP contribution in [0.3, 0.4) is 0 Å². The lowest BCUT2D eigenvalue weighted by atomic mass is 9.73. The van der Waals surface area contributed by atoms with Crippen molar-refractivity contribution >= 4 is 20.7 Å². The number of pyridine rings is 1. The largest absolute Gasteiger partial charge is 0.493 e. The van der Waals surface area contributed by atoms with Crippen LogP contribution in [0.1, 0.15) is 48.5 Å². The predicted molar refractivity (Wildman–Crippen MR) is 127 cm³/mol. The first kappa shape index (κ1) is 26.0. The molecular formula is C25H26F3N3O4S. The molecule has 4 rings (SSSR count). The Morgan fingerprint density at radius 1 is 1.22 bits per heavy atom. The van der Waals surface area contributed by atoms with Crippen LogP contribution >= 0.6 is 0 Å². The third-order valence-corrected chi connectivity index (χ3v) is 7.73. The summed E-state index contributed by atoms with van der Waals surface area (Å²) in [5.41, 5.74) is -2.36. The van der Waals surface area contributed by atoms with Crippen LogP contribution in [0.2, 0.25) is 0 Å². The Kier molecular flexibility index (Phi) is 6.13. The molecule has 3 aromatic rings. The van der Waals surface area contributed by atoms with Gasteiger partial charge in [0.1, 0.15) is 17.5 Å². The lowest BCUT2D eigenvalue weighted by Crippen LogP contribution is -2.51. The third kappa shape index (κ3) is 4.67. The van der Waals surface area contributed by atoms with Crippen LogP contribution in [-0.2, 0) is 28.1 Å². The molecule has 0 bridgehead atoms. The first-order valence-corrected chi connectivity index (χ1v) is 13.1. The lowest BCUT2D eigenvalue weighted by Gasteiger charge is -2.38. The summed E-state index contributed by atoms with van der Waals surface area (Å²) in [4.78, 5) is 6.99. The average Bonchev–Trinajstić information content (AvgIpc) is 3.37. The second kappa shape index (κ2) is 8.49. The van der Waals surface area contributed by atoms with E-state index in [9.17, 15) is 26.7 Å². The molecule has 1 aromatic carbocycles. The summed E-state index contributed by atoms with van der Waals surface area (Å²) in [5, 5.41) is 20.8. The summed E-state index contributed by atoms with van der Waals surface area (Å²) in [5.74, 6) is 0.369. The molecule has 0 aliphatic carbocycles. The molecule has 11 heteroatoms. The predicted octanol–water partition coefficient (Wildman–Crippen LogP) is 4.29. The number of aryl methyl sites for hydroxylation is 1. The van der Waals surface area contributed by atoms with Crippen molar-refractivity contribution in [3.8, 4) is 11.8 Å². The van der Waals surface area contributed by atoms with Gasteiger partial charge in [-0.05, 0) is 48.6 Å². The zero-order valence-electron chi connectivity index (χ0n) is 20.2. The molecule has 0 saturated carbocycles. The summed E-state index contributed by atoms with van der Waals surface area (Å²) < 4.78 is 73.3. The standard InChI is InChI=1S/C25H26F3N3O4S/c1-14-19-8-16(31-21(19)9-17(12-29)30-14)11-24(32,25(26,27)28)13-23(2,3)20-10-18(36(4,33)34)7-15-5-6-35-22(15)20/h7-10,31-32H,5-6,11,13H2,1-4H3. The second-order valence-electron chi connectivity index (χ2n) is 10.1. The van der Waals surface area contributed by atoms with Crippen molar-refractivity contribution in [1.82, 2.24) is 9.97 Å². The van der Waals surface area contributed by atoms with Gasteiger partial charge in [0, 0.05) is 41.4 Å². The van der Waals surface area contributed by atoms with Gasteiger partial charge in [-0.15, -0.1) is 0 Å². The van der Waals surface area contributed by atoms with Gasteiger partial charge in [-0.3, -0.25) is 0 Å². The molecule has 2 aromatic heterocycles. The van der Waals surface area contributed by atoms with Crippen molar-refractivity contribution in [2.24, 2.45) is 0 Å². The highest BCUT2D eigenvalue weighted by Gasteiger charge is 2.56. The maximum atomic E-state index is 14.4. The maximum absolute atomic E-state index is 14.4. The number of benzene rings is 1. The van der Waals surface area contributed by atoms with E-state index in [1.807, 2.05) is 6.07 Å². The number of rotatable bonds is 6. The van der Waals surface area contributed by atoms with Crippen molar-refractivity contribution in [2.45, 2.75) is 62.1 Å². The van der Waals surface area contributed by atoms with Crippen molar-refractivity contribution in [3.63, 3.8) is 0 Å². The molecule has 1 aliphatic rings. The molecule has 2 N–H and O–H groups in total. The maximum Gasteiger partial charge on any atom is 0.417 e. The molecule has 1 aliphatic heterocycles. The quantitative estimate of drug-likeness (QED) is 0.500. The van der Waals surface area contributed by atoms with Gasteiger partial charge in [-0.1, -0.05) is 13.8 Å². The van der Waals surface area contributed by atoms with Crippen LogP contribution in [0.5, 0.6) is 5.75 Å². The highest BCUT2D eigenvalue weighted by molar-refractivity contribution is 7.90. The van der Waals surface area contributed by atoms with E-state index >= 15 is 0 Å². The van der Waals surface area contributed by atoms with Gasteiger partial charge >= 0.3 is 6.18 Å². The van der Waals surface area contributed by atoms with E-state index in [1.54, 1.807) is 6.92 Å². The molecule has 3 heterocycles. The topological polar surface area (TPSA) is 116 Å². The fourth-order valence-corrected chi connectivity index (χ4v) is 5.59. The zero-order valence-corrected chi connectivity index (χ0v) is 21.1. The normalized spacial score (nSPS) is 15.9. The van der Waals surface area contributed by atoms with E-state index in [-0.39, 0.29) is 16.3 Å². The molecule has 192 valence electrons. The highest BCUT2D eigenvalue weighted by atomic mass is 32.2. The van der Waals surface area contributed by atoms with Gasteiger partial charge in [0.25, 0.3) is 0 Å². The Labute approximate surface area is 206 Å². The molecule has 0 amide bonds. The van der Waals surface area contributed by atoms with E-state index < -0.39 is 39.9 Å². The van der Waals surface area contributed by atoms with E-state index in [2.05, 4.69) is 9.97 Å². The Morgan fingerprint density at radius 3 is 2.53 bits per heavy atom. The minimum atomic E-state index is -4.99. The summed E-state index contributed by atoms with van der Waals surface area (Å²) in [6, 6.07) is 7.68. The van der Waals surface area contributed by atoms with E-state index in [1.165, 1.54) is 38.1 Å². The SMILES string of the molecule is Cc1nc(C#N)cc2[nH]c(CC(O)(CC(C)(C)c3cc(S(C)(=O)=O)cc4c3OCC4)C(F)(F)F)cc12.